The van der Waals surface area contributed by atoms with E-state index in [0.717, 1.165) is 19.6 Å². The molecule has 0 bridgehead atoms. The van der Waals surface area contributed by atoms with Crippen LogP contribution in [0.15, 0.2) is 18.2 Å². The van der Waals surface area contributed by atoms with Crippen molar-refractivity contribution >= 4 is 23.2 Å². The highest BCUT2D eigenvalue weighted by Gasteiger charge is 2.28. The van der Waals surface area contributed by atoms with Crippen LogP contribution in [0.5, 0.6) is 0 Å². The molecule has 3 nitrogen and oxygen atoms in total. The number of halogens is 2. The summed E-state index contributed by atoms with van der Waals surface area (Å²) in [4.78, 5) is 4.84. The first kappa shape index (κ1) is 16.1. The Morgan fingerprint density at radius 3 is 2.60 bits per heavy atom. The van der Waals surface area contributed by atoms with Gasteiger partial charge in [0, 0.05) is 18.6 Å². The fraction of sp³-hybridized carbons (Fsp3) is 0.600. The minimum Gasteiger partial charge on any atom is -0.312 e. The van der Waals surface area contributed by atoms with Gasteiger partial charge in [0.25, 0.3) is 0 Å². The molecular weight excluding hydrogens is 293 g/mol. The van der Waals surface area contributed by atoms with Gasteiger partial charge in [0.15, 0.2) is 0 Å². The fourth-order valence-corrected chi connectivity index (χ4v) is 3.26. The quantitative estimate of drug-likeness (QED) is 0.925. The standard InChI is InChI=1S/C15H23Cl2N3/c1-18-15(11-5-6-12(16)13(17)9-11)14-10-19(2)7-4-8-20(14)3/h5-6,9,14-15,18H,4,7-8,10H2,1-3H3. The third-order valence-electron chi connectivity index (χ3n) is 4.11. The van der Waals surface area contributed by atoms with Crippen molar-refractivity contribution in [3.05, 3.63) is 33.8 Å². The second-order valence-corrected chi connectivity index (χ2v) is 6.42. The molecule has 1 aliphatic rings. The van der Waals surface area contributed by atoms with Crippen molar-refractivity contribution in [2.75, 3.05) is 40.8 Å². The van der Waals surface area contributed by atoms with Crippen molar-refractivity contribution in [3.63, 3.8) is 0 Å². The van der Waals surface area contributed by atoms with Crippen LogP contribution in [-0.2, 0) is 0 Å². The molecule has 1 aromatic rings. The summed E-state index contributed by atoms with van der Waals surface area (Å²) in [6.07, 6.45) is 1.21. The van der Waals surface area contributed by atoms with Crippen LogP contribution in [-0.4, -0.2) is 56.6 Å². The Morgan fingerprint density at radius 2 is 1.95 bits per heavy atom. The Labute approximate surface area is 131 Å². The van der Waals surface area contributed by atoms with Crippen LogP contribution in [0.1, 0.15) is 18.0 Å². The van der Waals surface area contributed by atoms with Crippen LogP contribution >= 0.6 is 23.2 Å². The maximum Gasteiger partial charge on any atom is 0.0595 e. The molecule has 0 radical (unpaired) electrons. The van der Waals surface area contributed by atoms with Crippen molar-refractivity contribution in [1.29, 1.82) is 0 Å². The van der Waals surface area contributed by atoms with Crippen LogP contribution in [0.4, 0.5) is 0 Å². The maximum absolute atomic E-state index is 6.17. The zero-order chi connectivity index (χ0) is 14.7. The van der Waals surface area contributed by atoms with Gasteiger partial charge < -0.3 is 15.1 Å². The molecule has 0 saturated carbocycles. The van der Waals surface area contributed by atoms with Crippen molar-refractivity contribution < 1.29 is 0 Å². The summed E-state index contributed by atoms with van der Waals surface area (Å²) in [5.74, 6) is 0. The van der Waals surface area contributed by atoms with Crippen LogP contribution < -0.4 is 5.32 Å². The summed E-state index contributed by atoms with van der Waals surface area (Å²) >= 11 is 12.2. The molecule has 1 saturated heterocycles. The molecule has 1 N–H and O–H groups in total. The molecule has 20 heavy (non-hydrogen) atoms. The van der Waals surface area contributed by atoms with Gasteiger partial charge in [0.2, 0.25) is 0 Å². The number of hydrogen-bond acceptors (Lipinski definition) is 3. The van der Waals surface area contributed by atoms with Gasteiger partial charge in [-0.1, -0.05) is 29.3 Å². The summed E-state index contributed by atoms with van der Waals surface area (Å²) < 4.78 is 0. The Morgan fingerprint density at radius 1 is 1.20 bits per heavy atom. The van der Waals surface area contributed by atoms with Gasteiger partial charge in [0.05, 0.1) is 10.0 Å². The van der Waals surface area contributed by atoms with Crippen molar-refractivity contribution in [2.24, 2.45) is 0 Å². The number of rotatable bonds is 3. The molecule has 2 rings (SSSR count). The molecule has 0 aromatic heterocycles. The van der Waals surface area contributed by atoms with E-state index in [1.807, 2.05) is 19.2 Å². The van der Waals surface area contributed by atoms with E-state index in [1.54, 1.807) is 0 Å². The van der Waals surface area contributed by atoms with E-state index in [-0.39, 0.29) is 6.04 Å². The highest BCUT2D eigenvalue weighted by molar-refractivity contribution is 6.42. The predicted octanol–water partition coefficient (Wildman–Crippen LogP) is 2.89. The summed E-state index contributed by atoms with van der Waals surface area (Å²) in [7, 11) is 6.39. The van der Waals surface area contributed by atoms with E-state index in [0.29, 0.717) is 16.1 Å². The summed E-state index contributed by atoms with van der Waals surface area (Å²) in [6.45, 7) is 3.31. The average molecular weight is 316 g/mol. The number of hydrogen-bond donors (Lipinski definition) is 1. The number of benzene rings is 1. The van der Waals surface area contributed by atoms with Crippen LogP contribution in [0.25, 0.3) is 0 Å². The molecule has 0 amide bonds. The molecule has 5 heteroatoms. The van der Waals surface area contributed by atoms with Gasteiger partial charge in [0.1, 0.15) is 0 Å². The first-order valence-electron chi connectivity index (χ1n) is 7.04. The molecule has 2 atom stereocenters. The molecule has 1 heterocycles. The number of nitrogens with zero attached hydrogens (tertiary/aromatic N) is 2. The maximum atomic E-state index is 6.17. The van der Waals surface area contributed by atoms with E-state index >= 15 is 0 Å². The van der Waals surface area contributed by atoms with Gasteiger partial charge in [-0.3, -0.25) is 0 Å². The molecular formula is C15H23Cl2N3. The number of likely N-dealkylation sites (N-methyl/N-ethyl adjacent to an activating group) is 3. The van der Waals surface area contributed by atoms with E-state index in [2.05, 4.69) is 35.3 Å². The third kappa shape index (κ3) is 3.66. The molecule has 0 aliphatic carbocycles. The van der Waals surface area contributed by atoms with Gasteiger partial charge >= 0.3 is 0 Å². The topological polar surface area (TPSA) is 18.5 Å². The minimum atomic E-state index is 0.246. The van der Waals surface area contributed by atoms with E-state index in [9.17, 15) is 0 Å². The molecule has 1 aliphatic heterocycles. The lowest BCUT2D eigenvalue weighted by molar-refractivity contribution is 0.182. The van der Waals surface area contributed by atoms with E-state index < -0.39 is 0 Å². The Balaban J connectivity index is 2.27. The summed E-state index contributed by atoms with van der Waals surface area (Å²) in [6, 6.07) is 6.59. The lowest BCUT2D eigenvalue weighted by Crippen LogP contribution is -2.46. The van der Waals surface area contributed by atoms with Crippen LogP contribution in [0.3, 0.4) is 0 Å². The highest BCUT2D eigenvalue weighted by Crippen LogP contribution is 2.29. The average Bonchev–Trinajstić information content (AvgIpc) is 2.57. The van der Waals surface area contributed by atoms with Gasteiger partial charge in [-0.25, -0.2) is 0 Å². The van der Waals surface area contributed by atoms with Crippen molar-refractivity contribution in [3.8, 4) is 0 Å². The largest absolute Gasteiger partial charge is 0.312 e. The third-order valence-corrected chi connectivity index (χ3v) is 4.85. The molecule has 2 unspecified atom stereocenters. The summed E-state index contributed by atoms with van der Waals surface area (Å²) in [5, 5.41) is 4.67. The zero-order valence-corrected chi connectivity index (χ0v) is 13.9. The molecule has 112 valence electrons. The van der Waals surface area contributed by atoms with Gasteiger partial charge in [-0.15, -0.1) is 0 Å². The monoisotopic (exact) mass is 315 g/mol. The van der Waals surface area contributed by atoms with Crippen LogP contribution in [0.2, 0.25) is 10.0 Å². The Bertz CT molecular complexity index is 453. The molecule has 1 fully saturated rings. The van der Waals surface area contributed by atoms with Gasteiger partial charge in [-0.2, -0.15) is 0 Å². The van der Waals surface area contributed by atoms with E-state index in [1.165, 1.54) is 12.0 Å². The predicted molar refractivity (Wildman–Crippen MR) is 86.8 cm³/mol. The lowest BCUT2D eigenvalue weighted by Gasteiger charge is -2.34. The van der Waals surface area contributed by atoms with Crippen molar-refractivity contribution in [1.82, 2.24) is 15.1 Å². The first-order chi connectivity index (χ1) is 9.52. The Hall–Kier alpha value is -0.320. The van der Waals surface area contributed by atoms with Crippen LogP contribution in [0, 0.1) is 0 Å². The van der Waals surface area contributed by atoms with Gasteiger partial charge in [-0.05, 0) is 58.3 Å². The molecule has 0 spiro atoms. The Kier molecular flexibility index (Phi) is 5.70. The fourth-order valence-electron chi connectivity index (χ4n) is 2.95. The second kappa shape index (κ2) is 7.10. The second-order valence-electron chi connectivity index (χ2n) is 5.60. The van der Waals surface area contributed by atoms with Crippen molar-refractivity contribution in [2.45, 2.75) is 18.5 Å². The summed E-state index contributed by atoms with van der Waals surface area (Å²) in [5.41, 5.74) is 1.19. The number of nitrogens with one attached hydrogen (secondary N) is 1. The van der Waals surface area contributed by atoms with E-state index in [4.69, 9.17) is 23.2 Å². The first-order valence-corrected chi connectivity index (χ1v) is 7.79. The highest BCUT2D eigenvalue weighted by atomic mass is 35.5. The lowest BCUT2D eigenvalue weighted by atomic mass is 9.98. The normalized spacial score (nSPS) is 23.6. The SMILES string of the molecule is CNC(c1ccc(Cl)c(Cl)c1)C1CN(C)CCCN1C. The zero-order valence-electron chi connectivity index (χ0n) is 12.4. The smallest absolute Gasteiger partial charge is 0.0595 e. The molecule has 1 aromatic carbocycles. The minimum absolute atomic E-state index is 0.246.